The summed E-state index contributed by atoms with van der Waals surface area (Å²) in [4.78, 5) is 128. The van der Waals surface area contributed by atoms with Crippen molar-refractivity contribution < 1.29 is 111 Å². The molecule has 26 heteroatoms. The minimum absolute atomic E-state index is 0.00505. The molecule has 6 aliphatic carbocycles. The van der Waals surface area contributed by atoms with E-state index in [2.05, 4.69) is 10.0 Å². The van der Waals surface area contributed by atoms with Crippen LogP contribution >= 0.6 is 0 Å². The Bertz CT molecular complexity index is 4290. The summed E-state index contributed by atoms with van der Waals surface area (Å²) in [5, 5.41) is 53.8. The van der Waals surface area contributed by atoms with Gasteiger partial charge in [0.05, 0.1) is 53.7 Å². The third-order valence-corrected chi connectivity index (χ3v) is 25.1. The van der Waals surface area contributed by atoms with E-state index in [0.29, 0.717) is 23.1 Å². The van der Waals surface area contributed by atoms with Gasteiger partial charge in [-0.2, -0.15) is 0 Å². The first kappa shape index (κ1) is 76.7. The molecular weight excluding hydrogens is 1370 g/mol. The van der Waals surface area contributed by atoms with Crippen LogP contribution in [0.25, 0.3) is 10.4 Å². The van der Waals surface area contributed by atoms with Crippen molar-refractivity contribution in [3.05, 3.63) is 176 Å². The highest BCUT2D eigenvalue weighted by Crippen LogP contribution is 2.68. The fourth-order valence-corrected chi connectivity index (χ4v) is 19.3. The number of azide groups is 1. The molecule has 22 atom stereocenters. The van der Waals surface area contributed by atoms with E-state index in [9.17, 15) is 59.5 Å². The first-order valence-electron chi connectivity index (χ1n) is 35.8. The number of epoxide rings is 1. The molecule has 3 saturated heterocycles. The van der Waals surface area contributed by atoms with E-state index in [1.54, 1.807) is 92.7 Å². The number of carbonyl (C=O) groups is 9. The van der Waals surface area contributed by atoms with E-state index < -0.39 is 189 Å². The van der Waals surface area contributed by atoms with Crippen LogP contribution in [0.3, 0.4) is 0 Å². The normalized spacial score (nSPS) is 36.7. The van der Waals surface area contributed by atoms with E-state index in [-0.39, 0.29) is 60.0 Å². The summed E-state index contributed by atoms with van der Waals surface area (Å²) in [6.07, 6.45) is -14.4. The lowest BCUT2D eigenvalue weighted by Gasteiger charge is -2.68. The van der Waals surface area contributed by atoms with Gasteiger partial charge >= 0.3 is 41.8 Å². The number of nitrogens with zero attached hydrogens (tertiary/aromatic N) is 3. The molecule has 106 heavy (non-hydrogen) atoms. The third kappa shape index (κ3) is 12.2. The summed E-state index contributed by atoms with van der Waals surface area (Å²) in [7, 11) is 0. The second kappa shape index (κ2) is 28.0. The Morgan fingerprint density at radius 1 is 0.585 bits per heavy atom. The van der Waals surface area contributed by atoms with Crippen LogP contribution in [-0.2, 0) is 80.9 Å². The molecule has 26 nitrogen and oxygen atoms in total. The van der Waals surface area contributed by atoms with Gasteiger partial charge in [0.2, 0.25) is 0 Å². The molecule has 0 amide bonds. The number of ether oxygens (including phenoxy) is 10. The number of ketones is 2. The third-order valence-electron chi connectivity index (χ3n) is 25.1. The van der Waals surface area contributed by atoms with Crippen molar-refractivity contribution in [1.82, 2.24) is 0 Å². The highest BCUT2D eigenvalue weighted by atomic mass is 16.7. The largest absolute Gasteiger partial charge is 0.456 e. The highest BCUT2D eigenvalue weighted by molar-refractivity contribution is 5.96. The Balaban J connectivity index is 0.000000200. The molecule has 4 N–H and O–H groups in total. The van der Waals surface area contributed by atoms with Crippen molar-refractivity contribution in [2.24, 2.45) is 50.4 Å². The molecule has 9 aliphatic rings. The maximum Gasteiger partial charge on any atom is 0.339 e. The van der Waals surface area contributed by atoms with Crippen molar-refractivity contribution in [2.45, 2.75) is 211 Å². The van der Waals surface area contributed by atoms with Gasteiger partial charge in [0, 0.05) is 67.1 Å². The number of aliphatic hydroxyl groups is 4. The van der Waals surface area contributed by atoms with Crippen LogP contribution < -0.4 is 0 Å². The fourth-order valence-electron chi connectivity index (χ4n) is 19.3. The molecule has 4 bridgehead atoms. The van der Waals surface area contributed by atoms with Gasteiger partial charge in [0.1, 0.15) is 59.7 Å². The molecule has 3 unspecified atom stereocenters. The Labute approximate surface area is 613 Å². The van der Waals surface area contributed by atoms with Crippen LogP contribution in [0.2, 0.25) is 0 Å². The first-order valence-corrected chi connectivity index (χ1v) is 35.8. The number of rotatable bonds is 15. The number of esters is 7. The zero-order valence-electron chi connectivity index (χ0n) is 61.4. The molecule has 4 saturated carbocycles. The molecule has 3 heterocycles. The second-order valence-corrected chi connectivity index (χ2v) is 31.4. The summed E-state index contributed by atoms with van der Waals surface area (Å²) in [6.45, 7) is 20.4. The number of hydrogen-bond acceptors (Lipinski definition) is 24. The van der Waals surface area contributed by atoms with E-state index in [4.69, 9.17) is 47.4 Å². The van der Waals surface area contributed by atoms with Crippen molar-refractivity contribution in [3.8, 4) is 0 Å². The minimum atomic E-state index is -2.37. The standard InChI is InChI=1S/C40H45N3O13.C40H46O10/c1-20-25(54-36(50)30(47)29(42-43-41)23-13-9-7-10-14-23)18-40(51)34(55-35(49)24-15-11-8-12-16-24)32-38(6,26(46)17-27-39(32,19-52-27)56-22(3)45)33(48)31(53-21(2)44)28(20)37(40,4)5;1-21-18-28-39(20-46-28,50-24(4)41)32-34(49-35(43)26-16-12-9-13-17-26)40(45)19-27(47-36(44)31-30(48-31)25-14-10-8-11-15-25)22(2)29(37(40,5)6)23(3)33(42)38(21,32)7/h7-16,25-27,29-32,34,46-47,51H,17-19H2,1-6H3;8-17,21,23,27-28,30-32,34,45H,18-20H2,1-7H3/t25-,26-,27+,29-,30+,31+,32?,34-,38+,39-,40+;21-,23+,27?,28+,30+,31+,32?,34-,38+,39-,40+/m00/s1. The lowest BCUT2D eigenvalue weighted by molar-refractivity contribution is -0.346. The molecule has 3 aliphatic heterocycles. The summed E-state index contributed by atoms with van der Waals surface area (Å²) >= 11 is 0. The van der Waals surface area contributed by atoms with Crippen molar-refractivity contribution in [2.75, 3.05) is 13.2 Å². The summed E-state index contributed by atoms with van der Waals surface area (Å²) < 4.78 is 60.5. The average molecular weight is 1460 g/mol. The maximum atomic E-state index is 15.3. The molecule has 4 aromatic rings. The van der Waals surface area contributed by atoms with E-state index >= 15 is 9.59 Å². The topological polar surface area (TPSA) is 379 Å². The molecular formula is C80H91N3O23. The van der Waals surface area contributed by atoms with Gasteiger partial charge in [0.25, 0.3) is 0 Å². The highest BCUT2D eigenvalue weighted by Gasteiger charge is 2.80. The Morgan fingerprint density at radius 3 is 1.51 bits per heavy atom. The number of aliphatic hydroxyl groups excluding tert-OH is 2. The zero-order valence-corrected chi connectivity index (χ0v) is 61.4. The first-order chi connectivity index (χ1) is 49.9. The fraction of sp³-hybridized carbons (Fsp3) is 0.537. The van der Waals surface area contributed by atoms with Gasteiger partial charge in [-0.25, -0.2) is 19.2 Å². The maximum absolute atomic E-state index is 15.3. The van der Waals surface area contributed by atoms with Gasteiger partial charge in [-0.1, -0.05) is 151 Å². The van der Waals surface area contributed by atoms with Crippen LogP contribution in [0.15, 0.2) is 149 Å². The van der Waals surface area contributed by atoms with E-state index in [1.807, 2.05) is 71.9 Å². The quantitative estimate of drug-likeness (QED) is 0.0164. The zero-order chi connectivity index (χ0) is 76.9. The average Bonchev–Trinajstić information content (AvgIpc) is 1.01. The van der Waals surface area contributed by atoms with E-state index in [0.717, 1.165) is 19.4 Å². The monoisotopic (exact) mass is 1460 g/mol. The smallest absolute Gasteiger partial charge is 0.339 e. The van der Waals surface area contributed by atoms with Crippen LogP contribution in [0, 0.1) is 45.3 Å². The lowest BCUT2D eigenvalue weighted by atomic mass is 9.42. The van der Waals surface area contributed by atoms with E-state index in [1.165, 1.54) is 32.9 Å². The Hall–Kier alpha value is -8.98. The van der Waals surface area contributed by atoms with Crippen LogP contribution in [0.5, 0.6) is 0 Å². The number of carbonyl (C=O) groups excluding carboxylic acids is 9. The van der Waals surface area contributed by atoms with Crippen LogP contribution in [0.4, 0.5) is 0 Å². The predicted molar refractivity (Wildman–Crippen MR) is 372 cm³/mol. The van der Waals surface area contributed by atoms with Crippen molar-refractivity contribution >= 4 is 53.4 Å². The van der Waals surface area contributed by atoms with Crippen molar-refractivity contribution in [1.29, 1.82) is 0 Å². The summed E-state index contributed by atoms with van der Waals surface area (Å²) in [6, 6.07) is 32.2. The Kier molecular flexibility index (Phi) is 20.2. The minimum Gasteiger partial charge on any atom is -0.456 e. The van der Waals surface area contributed by atoms with Gasteiger partial charge in [0.15, 0.2) is 35.3 Å². The SMILES string of the molecule is CC(=O)O[C@@]12CO[C@@H]1C[C@H](C)[C@@]1(C)C(=O)[C@H](C)C3=C(C)C(OC(=O)[C@@H]4O[C@@H]4c4ccccc4)C[C@@](O)([C@@H](OC(=O)c4ccccc4)C12)C3(C)C.CC(=O)O[C@H]1C(=O)[C@@]2(C)C([C@H](OC(=O)c3ccccc3)[C@]3(O)C[C@H](OC(=O)[C@H](O)[C@@H](N=[N+]=[N-])c4ccccc4)C(C)=C1C3(C)C)[C@]1(OC(C)=O)CO[C@@H]1C[C@@H]2O. The number of Topliss-reactive ketones (excluding diaryl/α,β-unsaturated/α-hetero) is 2. The molecule has 0 radical (unpaired) electrons. The summed E-state index contributed by atoms with van der Waals surface area (Å²) in [5.41, 5.74) is -1.24. The molecule has 0 spiro atoms. The van der Waals surface area contributed by atoms with Gasteiger partial charge in [-0.3, -0.25) is 24.0 Å². The second-order valence-electron chi connectivity index (χ2n) is 31.4. The molecule has 0 aromatic heterocycles. The van der Waals surface area contributed by atoms with Gasteiger partial charge < -0.3 is 67.8 Å². The molecule has 13 rings (SSSR count). The molecule has 564 valence electrons. The molecule has 4 aromatic carbocycles. The molecule has 7 fully saturated rings. The van der Waals surface area contributed by atoms with Gasteiger partial charge in [-0.05, 0) is 96.3 Å². The van der Waals surface area contributed by atoms with Crippen molar-refractivity contribution in [3.63, 3.8) is 0 Å². The number of fused-ring (bicyclic) bond motifs is 10. The Morgan fingerprint density at radius 2 is 1.04 bits per heavy atom. The number of hydrogen-bond donors (Lipinski definition) is 4. The lowest BCUT2D eigenvalue weighted by Crippen LogP contribution is -2.82. The van der Waals surface area contributed by atoms with Crippen LogP contribution in [0.1, 0.15) is 160 Å². The van der Waals surface area contributed by atoms with Crippen LogP contribution in [-0.4, -0.2) is 170 Å². The predicted octanol–water partition coefficient (Wildman–Crippen LogP) is 8.94. The van der Waals surface area contributed by atoms with Gasteiger partial charge in [-0.15, -0.1) is 0 Å². The summed E-state index contributed by atoms with van der Waals surface area (Å²) in [5.74, 6) is -10.3. The number of benzene rings is 4.